The van der Waals surface area contributed by atoms with E-state index < -0.39 is 17.5 Å². The van der Waals surface area contributed by atoms with Crippen molar-refractivity contribution >= 4 is 5.91 Å². The normalized spacial score (nSPS) is 32.0. The molecule has 2 N–H and O–H groups in total. The maximum Gasteiger partial charge on any atom is 0.404 e. The monoisotopic (exact) mass is 298 g/mol. The molecule has 21 heavy (non-hydrogen) atoms. The Morgan fingerprint density at radius 1 is 1.29 bits per heavy atom. The summed E-state index contributed by atoms with van der Waals surface area (Å²) in [7, 11) is 0. The first-order valence-corrected chi connectivity index (χ1v) is 7.07. The molecule has 114 valence electrons. The Labute approximate surface area is 120 Å². The lowest BCUT2D eigenvalue weighted by Gasteiger charge is -2.29. The predicted octanol–water partition coefficient (Wildman–Crippen LogP) is 2.20. The van der Waals surface area contributed by atoms with Gasteiger partial charge in [-0.15, -0.1) is 0 Å². The third-order valence-electron chi connectivity index (χ3n) is 4.47. The largest absolute Gasteiger partial charge is 0.404 e. The summed E-state index contributed by atoms with van der Waals surface area (Å²) < 4.78 is 39.8. The molecule has 0 bridgehead atoms. The maximum atomic E-state index is 13.3. The number of halogens is 3. The number of carbonyl (C=O) groups is 1. The van der Waals surface area contributed by atoms with Gasteiger partial charge in [-0.05, 0) is 24.9 Å². The molecular formula is C15H17F3N2O. The molecule has 1 saturated heterocycles. The highest BCUT2D eigenvalue weighted by molar-refractivity contribution is 5.85. The summed E-state index contributed by atoms with van der Waals surface area (Å²) in [5.41, 5.74) is -1.20. The summed E-state index contributed by atoms with van der Waals surface area (Å²) in [5, 5.41) is 5.25. The Kier molecular flexibility index (Phi) is 3.43. The highest BCUT2D eigenvalue weighted by Gasteiger charge is 2.62. The molecule has 0 aromatic heterocycles. The zero-order valence-electron chi connectivity index (χ0n) is 11.4. The van der Waals surface area contributed by atoms with Crippen molar-refractivity contribution in [1.82, 2.24) is 10.6 Å². The van der Waals surface area contributed by atoms with Gasteiger partial charge in [-0.3, -0.25) is 4.79 Å². The summed E-state index contributed by atoms with van der Waals surface area (Å²) in [6.45, 7) is -0.106. The second kappa shape index (κ2) is 5.02. The van der Waals surface area contributed by atoms with Crippen molar-refractivity contribution in [3.05, 3.63) is 35.9 Å². The van der Waals surface area contributed by atoms with Crippen LogP contribution in [0, 0.1) is 5.41 Å². The van der Waals surface area contributed by atoms with E-state index >= 15 is 0 Å². The lowest BCUT2D eigenvalue weighted by Crippen LogP contribution is -2.52. The number of benzene rings is 1. The van der Waals surface area contributed by atoms with E-state index in [0.29, 0.717) is 6.42 Å². The predicted molar refractivity (Wildman–Crippen MR) is 71.7 cm³/mol. The van der Waals surface area contributed by atoms with Crippen LogP contribution in [0.1, 0.15) is 24.3 Å². The van der Waals surface area contributed by atoms with Gasteiger partial charge in [0, 0.05) is 18.5 Å². The van der Waals surface area contributed by atoms with Crippen LogP contribution in [0.2, 0.25) is 0 Å². The molecule has 6 heteroatoms. The van der Waals surface area contributed by atoms with Crippen LogP contribution >= 0.6 is 0 Å². The summed E-state index contributed by atoms with van der Waals surface area (Å²) in [6, 6.07) is 9.37. The molecule has 1 aliphatic heterocycles. The molecule has 2 fully saturated rings. The number of hydrogen-bond acceptors (Lipinski definition) is 2. The summed E-state index contributed by atoms with van der Waals surface area (Å²) in [4.78, 5) is 12.2. The first-order chi connectivity index (χ1) is 9.94. The highest BCUT2D eigenvalue weighted by atomic mass is 19.4. The maximum absolute atomic E-state index is 13.3. The fraction of sp³-hybridized carbons (Fsp3) is 0.533. The first kappa shape index (κ1) is 14.4. The van der Waals surface area contributed by atoms with E-state index in [1.54, 1.807) is 0 Å². The van der Waals surface area contributed by atoms with Crippen LogP contribution in [0.5, 0.6) is 0 Å². The molecule has 1 aromatic carbocycles. The van der Waals surface area contributed by atoms with Gasteiger partial charge in [0.25, 0.3) is 0 Å². The molecule has 0 radical (unpaired) electrons. The van der Waals surface area contributed by atoms with Crippen molar-refractivity contribution in [2.24, 2.45) is 5.41 Å². The zero-order valence-corrected chi connectivity index (χ0v) is 11.4. The molecular weight excluding hydrogens is 281 g/mol. The van der Waals surface area contributed by atoms with Crippen LogP contribution in [0.15, 0.2) is 30.3 Å². The number of rotatable bonds is 3. The van der Waals surface area contributed by atoms with Gasteiger partial charge in [-0.1, -0.05) is 30.3 Å². The average molecular weight is 298 g/mol. The Hall–Kier alpha value is -1.56. The van der Waals surface area contributed by atoms with Gasteiger partial charge >= 0.3 is 6.18 Å². The third kappa shape index (κ3) is 2.52. The first-order valence-electron chi connectivity index (χ1n) is 7.07. The Morgan fingerprint density at radius 2 is 2.00 bits per heavy atom. The van der Waals surface area contributed by atoms with Crippen LogP contribution in [-0.2, 0) is 4.79 Å². The molecule has 3 unspecified atom stereocenters. The zero-order chi connectivity index (χ0) is 15.1. The number of carbonyl (C=O) groups excluding carboxylic acids is 1. The van der Waals surface area contributed by atoms with Gasteiger partial charge in [-0.25, -0.2) is 0 Å². The highest BCUT2D eigenvalue weighted by Crippen LogP contribution is 2.46. The molecule has 3 nitrogen and oxygen atoms in total. The van der Waals surface area contributed by atoms with E-state index in [4.69, 9.17) is 0 Å². The Bertz CT molecular complexity index is 523. The number of hydrogen-bond donors (Lipinski definition) is 2. The molecule has 2 aliphatic rings. The summed E-state index contributed by atoms with van der Waals surface area (Å²) in [5.74, 6) is -0.752. The van der Waals surface area contributed by atoms with Gasteiger partial charge in [0.1, 0.15) is 0 Å². The van der Waals surface area contributed by atoms with Gasteiger partial charge in [0.05, 0.1) is 0 Å². The van der Waals surface area contributed by atoms with E-state index in [1.807, 2.05) is 30.3 Å². The van der Waals surface area contributed by atoms with Crippen LogP contribution in [0.25, 0.3) is 0 Å². The molecule has 0 spiro atoms. The summed E-state index contributed by atoms with van der Waals surface area (Å²) >= 11 is 0. The average Bonchev–Trinajstić information content (AvgIpc) is 3.01. The smallest absolute Gasteiger partial charge is 0.352 e. The molecule has 1 aliphatic carbocycles. The van der Waals surface area contributed by atoms with Crippen molar-refractivity contribution in [3.8, 4) is 0 Å². The molecule has 1 heterocycles. The van der Waals surface area contributed by atoms with Gasteiger partial charge in [0.15, 0.2) is 5.41 Å². The van der Waals surface area contributed by atoms with Crippen molar-refractivity contribution < 1.29 is 18.0 Å². The lowest BCUT2D eigenvalue weighted by molar-refractivity contribution is -0.216. The van der Waals surface area contributed by atoms with E-state index in [9.17, 15) is 18.0 Å². The molecule has 1 aromatic rings. The quantitative estimate of drug-likeness (QED) is 0.898. The van der Waals surface area contributed by atoms with E-state index in [1.165, 1.54) is 0 Å². The lowest BCUT2D eigenvalue weighted by atomic mass is 9.85. The SMILES string of the molecule is O=C(NC1CC1c1ccccc1)C1(C(F)(F)F)CCNC1. The number of amides is 1. The second-order valence-corrected chi connectivity index (χ2v) is 5.84. The molecule has 1 saturated carbocycles. The molecule has 1 amide bonds. The minimum atomic E-state index is -4.52. The molecule has 3 rings (SSSR count). The third-order valence-corrected chi connectivity index (χ3v) is 4.47. The van der Waals surface area contributed by atoms with Crippen LogP contribution in [0.3, 0.4) is 0 Å². The molecule has 3 atom stereocenters. The summed E-state index contributed by atoms with van der Waals surface area (Å²) in [6.07, 6.45) is -4.00. The Morgan fingerprint density at radius 3 is 2.57 bits per heavy atom. The standard InChI is InChI=1S/C15H17F3N2O/c16-15(17,18)14(6-7-19-9-14)13(21)20-12-8-11(12)10-4-2-1-3-5-10/h1-5,11-12,19H,6-9H2,(H,20,21). The fourth-order valence-corrected chi connectivity index (χ4v) is 2.99. The van der Waals surface area contributed by atoms with Gasteiger partial charge in [-0.2, -0.15) is 13.2 Å². The van der Waals surface area contributed by atoms with Gasteiger partial charge in [0.2, 0.25) is 5.91 Å². The number of nitrogens with one attached hydrogen (secondary N) is 2. The van der Waals surface area contributed by atoms with E-state index in [2.05, 4.69) is 10.6 Å². The minimum absolute atomic E-state index is 0.134. The number of alkyl halides is 3. The fourth-order valence-electron chi connectivity index (χ4n) is 2.99. The van der Waals surface area contributed by atoms with Crippen LogP contribution in [0.4, 0.5) is 13.2 Å². The van der Waals surface area contributed by atoms with Crippen LogP contribution in [-0.4, -0.2) is 31.2 Å². The minimum Gasteiger partial charge on any atom is -0.352 e. The van der Waals surface area contributed by atoms with E-state index in [-0.39, 0.29) is 31.5 Å². The topological polar surface area (TPSA) is 41.1 Å². The van der Waals surface area contributed by atoms with Crippen molar-refractivity contribution in [3.63, 3.8) is 0 Å². The van der Waals surface area contributed by atoms with E-state index in [0.717, 1.165) is 5.56 Å². The van der Waals surface area contributed by atoms with Crippen LogP contribution < -0.4 is 10.6 Å². The van der Waals surface area contributed by atoms with Gasteiger partial charge < -0.3 is 10.6 Å². The van der Waals surface area contributed by atoms with Crippen molar-refractivity contribution in [2.75, 3.05) is 13.1 Å². The Balaban J connectivity index is 1.67. The van der Waals surface area contributed by atoms with Crippen molar-refractivity contribution in [2.45, 2.75) is 31.0 Å². The second-order valence-electron chi connectivity index (χ2n) is 5.84. The van der Waals surface area contributed by atoms with Crippen molar-refractivity contribution in [1.29, 1.82) is 0 Å².